The Bertz CT molecular complexity index is 633. The summed E-state index contributed by atoms with van der Waals surface area (Å²) in [6.45, 7) is 5.67. The number of H-pyrrole nitrogens is 1. The topological polar surface area (TPSA) is 61.9 Å². The predicted octanol–water partition coefficient (Wildman–Crippen LogP) is 2.43. The second kappa shape index (κ2) is 5.97. The maximum atomic E-state index is 12.4. The van der Waals surface area contributed by atoms with E-state index in [0.29, 0.717) is 12.3 Å². The number of hydrogen-bond donors (Lipinski definition) is 1. The molecule has 0 saturated carbocycles. The Morgan fingerprint density at radius 2 is 2.38 bits per heavy atom. The van der Waals surface area contributed by atoms with Gasteiger partial charge >= 0.3 is 0 Å². The Morgan fingerprint density at radius 3 is 3.05 bits per heavy atom. The van der Waals surface area contributed by atoms with Crippen molar-refractivity contribution in [3.05, 3.63) is 33.5 Å². The smallest absolute Gasteiger partial charge is 0.228 e. The van der Waals surface area contributed by atoms with Gasteiger partial charge in [0.2, 0.25) is 5.91 Å². The Hall–Kier alpha value is -1.69. The predicted molar refractivity (Wildman–Crippen MR) is 82.4 cm³/mol. The lowest BCUT2D eigenvalue weighted by atomic mass is 9.92. The number of aromatic amines is 1. The van der Waals surface area contributed by atoms with E-state index in [2.05, 4.69) is 22.1 Å². The van der Waals surface area contributed by atoms with Crippen molar-refractivity contribution < 1.29 is 4.79 Å². The van der Waals surface area contributed by atoms with E-state index in [4.69, 9.17) is 0 Å². The first-order valence-electron chi connectivity index (χ1n) is 7.32. The third kappa shape index (κ3) is 3.15. The lowest BCUT2D eigenvalue weighted by Crippen LogP contribution is -2.40. The summed E-state index contributed by atoms with van der Waals surface area (Å²) in [6, 6.07) is 0. The second-order valence-corrected chi connectivity index (χ2v) is 6.74. The van der Waals surface area contributed by atoms with E-state index in [9.17, 15) is 4.79 Å². The standard InChI is InChI=1S/C15H20N4OS/c1-10-7-16-18-15(10)12-4-3-5-19(8-12)14(20)6-13-9-21-11(2)17-13/h7,9,12H,3-6,8H2,1-2H3,(H,16,18)/t12-/m1/s1. The van der Waals surface area contributed by atoms with Crippen molar-refractivity contribution in [2.24, 2.45) is 0 Å². The molecule has 0 radical (unpaired) electrons. The maximum absolute atomic E-state index is 12.4. The molecule has 0 spiro atoms. The minimum absolute atomic E-state index is 0.183. The molecule has 1 N–H and O–H groups in total. The average molecular weight is 304 g/mol. The highest BCUT2D eigenvalue weighted by Gasteiger charge is 2.26. The zero-order chi connectivity index (χ0) is 14.8. The van der Waals surface area contributed by atoms with Gasteiger partial charge in [-0.05, 0) is 32.3 Å². The summed E-state index contributed by atoms with van der Waals surface area (Å²) in [5.74, 6) is 0.560. The van der Waals surface area contributed by atoms with Crippen molar-refractivity contribution in [1.29, 1.82) is 0 Å². The molecule has 1 atom stereocenters. The van der Waals surface area contributed by atoms with Crippen LogP contribution in [0.25, 0.3) is 0 Å². The SMILES string of the molecule is Cc1nc(CC(=O)N2CCC[C@@H](c3[nH]ncc3C)C2)cs1. The number of thiazole rings is 1. The first-order valence-corrected chi connectivity index (χ1v) is 8.20. The van der Waals surface area contributed by atoms with Crippen LogP contribution in [-0.2, 0) is 11.2 Å². The number of piperidine rings is 1. The molecule has 1 aliphatic rings. The molecule has 2 aromatic rings. The van der Waals surface area contributed by atoms with Gasteiger partial charge in [-0.25, -0.2) is 4.98 Å². The van der Waals surface area contributed by atoms with Crippen LogP contribution in [0.1, 0.15) is 40.7 Å². The van der Waals surface area contributed by atoms with Crippen LogP contribution in [0.4, 0.5) is 0 Å². The number of rotatable bonds is 3. The average Bonchev–Trinajstić information content (AvgIpc) is 3.07. The Labute approximate surface area is 128 Å². The van der Waals surface area contributed by atoms with E-state index in [1.54, 1.807) is 11.3 Å². The molecule has 1 saturated heterocycles. The fraction of sp³-hybridized carbons (Fsp3) is 0.533. The Morgan fingerprint density at radius 1 is 1.52 bits per heavy atom. The molecule has 112 valence electrons. The number of nitrogens with zero attached hydrogens (tertiary/aromatic N) is 3. The zero-order valence-corrected chi connectivity index (χ0v) is 13.2. The number of carbonyl (C=O) groups is 1. The zero-order valence-electron chi connectivity index (χ0n) is 12.4. The highest BCUT2D eigenvalue weighted by Crippen LogP contribution is 2.27. The van der Waals surface area contributed by atoms with Crippen molar-refractivity contribution >= 4 is 17.2 Å². The third-order valence-electron chi connectivity index (χ3n) is 4.05. The molecule has 1 aliphatic heterocycles. The normalized spacial score (nSPS) is 19.0. The summed E-state index contributed by atoms with van der Waals surface area (Å²) in [6.07, 6.45) is 4.43. The molecule has 0 aromatic carbocycles. The summed E-state index contributed by atoms with van der Waals surface area (Å²) in [5, 5.41) is 10.2. The summed E-state index contributed by atoms with van der Waals surface area (Å²) < 4.78 is 0. The summed E-state index contributed by atoms with van der Waals surface area (Å²) in [5.41, 5.74) is 3.25. The highest BCUT2D eigenvalue weighted by atomic mass is 32.1. The van der Waals surface area contributed by atoms with Gasteiger partial charge in [0.25, 0.3) is 0 Å². The van der Waals surface area contributed by atoms with Crippen LogP contribution in [0.15, 0.2) is 11.6 Å². The Kier molecular flexibility index (Phi) is 4.05. The van der Waals surface area contributed by atoms with E-state index in [-0.39, 0.29) is 5.91 Å². The molecule has 21 heavy (non-hydrogen) atoms. The van der Waals surface area contributed by atoms with Gasteiger partial charge in [0.1, 0.15) is 0 Å². The molecular weight excluding hydrogens is 284 g/mol. The van der Waals surface area contributed by atoms with Gasteiger partial charge in [0.15, 0.2) is 0 Å². The number of aryl methyl sites for hydroxylation is 2. The summed E-state index contributed by atoms with van der Waals surface area (Å²) >= 11 is 1.60. The number of carbonyl (C=O) groups excluding carboxylic acids is 1. The fourth-order valence-electron chi connectivity index (χ4n) is 2.97. The molecule has 0 aliphatic carbocycles. The number of nitrogens with one attached hydrogen (secondary N) is 1. The fourth-order valence-corrected chi connectivity index (χ4v) is 3.58. The monoisotopic (exact) mass is 304 g/mol. The number of hydrogen-bond acceptors (Lipinski definition) is 4. The molecule has 2 aromatic heterocycles. The molecule has 0 unspecified atom stereocenters. The van der Waals surface area contributed by atoms with E-state index in [0.717, 1.165) is 36.6 Å². The van der Waals surface area contributed by atoms with Crippen LogP contribution in [0.5, 0.6) is 0 Å². The number of likely N-dealkylation sites (tertiary alicyclic amines) is 1. The van der Waals surface area contributed by atoms with Gasteiger partial charge in [-0.2, -0.15) is 5.10 Å². The van der Waals surface area contributed by atoms with Gasteiger partial charge in [-0.15, -0.1) is 11.3 Å². The highest BCUT2D eigenvalue weighted by molar-refractivity contribution is 7.09. The van der Waals surface area contributed by atoms with Crippen LogP contribution >= 0.6 is 11.3 Å². The number of amides is 1. The first-order chi connectivity index (χ1) is 10.1. The van der Waals surface area contributed by atoms with Crippen LogP contribution in [-0.4, -0.2) is 39.1 Å². The second-order valence-electron chi connectivity index (χ2n) is 5.68. The van der Waals surface area contributed by atoms with Gasteiger partial charge < -0.3 is 4.90 Å². The third-order valence-corrected chi connectivity index (χ3v) is 4.87. The van der Waals surface area contributed by atoms with Crippen molar-refractivity contribution in [2.75, 3.05) is 13.1 Å². The number of aromatic nitrogens is 3. The molecule has 1 amide bonds. The molecule has 3 heterocycles. The van der Waals surface area contributed by atoms with Crippen molar-refractivity contribution in [2.45, 2.75) is 39.0 Å². The van der Waals surface area contributed by atoms with E-state index in [1.165, 1.54) is 11.3 Å². The lowest BCUT2D eigenvalue weighted by molar-refractivity contribution is -0.131. The van der Waals surface area contributed by atoms with Crippen molar-refractivity contribution in [1.82, 2.24) is 20.1 Å². The maximum Gasteiger partial charge on any atom is 0.228 e. The minimum Gasteiger partial charge on any atom is -0.342 e. The van der Waals surface area contributed by atoms with Crippen LogP contribution in [0, 0.1) is 13.8 Å². The van der Waals surface area contributed by atoms with E-state index >= 15 is 0 Å². The quantitative estimate of drug-likeness (QED) is 0.947. The van der Waals surface area contributed by atoms with Gasteiger partial charge in [-0.1, -0.05) is 0 Å². The molecule has 0 bridgehead atoms. The van der Waals surface area contributed by atoms with Gasteiger partial charge in [0.05, 0.1) is 23.3 Å². The van der Waals surface area contributed by atoms with Crippen LogP contribution < -0.4 is 0 Å². The lowest BCUT2D eigenvalue weighted by Gasteiger charge is -2.32. The van der Waals surface area contributed by atoms with Crippen molar-refractivity contribution in [3.8, 4) is 0 Å². The molecule has 1 fully saturated rings. The minimum atomic E-state index is 0.183. The van der Waals surface area contributed by atoms with Crippen LogP contribution in [0.2, 0.25) is 0 Å². The van der Waals surface area contributed by atoms with Crippen LogP contribution in [0.3, 0.4) is 0 Å². The molecule has 6 heteroatoms. The van der Waals surface area contributed by atoms with Crippen molar-refractivity contribution in [3.63, 3.8) is 0 Å². The molecule has 3 rings (SSSR count). The van der Waals surface area contributed by atoms with Gasteiger partial charge in [0, 0.05) is 30.1 Å². The summed E-state index contributed by atoms with van der Waals surface area (Å²) in [7, 11) is 0. The Balaban J connectivity index is 1.65. The summed E-state index contributed by atoms with van der Waals surface area (Å²) in [4.78, 5) is 18.8. The molecule has 5 nitrogen and oxygen atoms in total. The largest absolute Gasteiger partial charge is 0.342 e. The van der Waals surface area contributed by atoms with E-state index in [1.807, 2.05) is 23.4 Å². The first kappa shape index (κ1) is 14.3. The van der Waals surface area contributed by atoms with Gasteiger partial charge in [-0.3, -0.25) is 9.89 Å². The van der Waals surface area contributed by atoms with E-state index < -0.39 is 0 Å². The molecular formula is C15H20N4OS.